The summed E-state index contributed by atoms with van der Waals surface area (Å²) < 4.78 is 0. The maximum absolute atomic E-state index is 7.28. The number of nitrogens with zero attached hydrogens (tertiary/aromatic N) is 1. The molecule has 3 N–H and O–H groups in total. The van der Waals surface area contributed by atoms with E-state index in [-0.39, 0.29) is 6.17 Å². The fraction of sp³-hybridized carbons (Fsp3) is 0.0769. The third-order valence-corrected chi connectivity index (χ3v) is 8.52. The highest BCUT2D eigenvalue weighted by Crippen LogP contribution is 2.41. The van der Waals surface area contributed by atoms with Crippen molar-refractivity contribution < 1.29 is 0 Å². The van der Waals surface area contributed by atoms with Crippen LogP contribution in [0.3, 0.4) is 0 Å². The Balaban J connectivity index is 1.56. The molecule has 7 rings (SSSR count). The van der Waals surface area contributed by atoms with E-state index < -0.39 is 6.17 Å². The summed E-state index contributed by atoms with van der Waals surface area (Å²) in [5, 5.41) is 11.7. The Hall–Kier alpha value is -5.30. The van der Waals surface area contributed by atoms with Crippen LogP contribution in [0.25, 0.3) is 50.5 Å². The van der Waals surface area contributed by atoms with Gasteiger partial charge in [0.2, 0.25) is 0 Å². The molecule has 2 atom stereocenters. The fourth-order valence-corrected chi connectivity index (χ4v) is 6.63. The number of nitrogens with two attached hydrogens (primary N) is 1. The molecule has 0 spiro atoms. The molecule has 1 aliphatic heterocycles. The summed E-state index contributed by atoms with van der Waals surface area (Å²) in [6.07, 6.45) is 9.36. The summed E-state index contributed by atoms with van der Waals surface area (Å²) in [5.41, 5.74) is 13.8. The molecule has 0 radical (unpaired) electrons. The third-order valence-electron chi connectivity index (χ3n) is 8.52. The first kappa shape index (κ1) is 25.7. The SMILES string of the molecule is C=C/C=c1/c2cccc3cc#cc(c4ccc(N([C@H](N)c5ccccc5C=C)[C@@H]5NC=Cc6ccccc65)c(C)c14)c32. The molecular formula is C39H31N3. The second-order valence-electron chi connectivity index (χ2n) is 10.7. The van der Waals surface area contributed by atoms with Gasteiger partial charge in [-0.2, -0.15) is 0 Å². The van der Waals surface area contributed by atoms with E-state index >= 15 is 0 Å². The van der Waals surface area contributed by atoms with E-state index in [1.165, 1.54) is 21.9 Å². The van der Waals surface area contributed by atoms with Crippen LogP contribution in [0.15, 0.2) is 110 Å². The number of anilines is 1. The number of benzene rings is 5. The van der Waals surface area contributed by atoms with Gasteiger partial charge in [0.25, 0.3) is 0 Å². The minimum atomic E-state index is -0.459. The van der Waals surface area contributed by atoms with Gasteiger partial charge in [0.1, 0.15) is 12.3 Å². The van der Waals surface area contributed by atoms with Crippen molar-refractivity contribution in [1.29, 1.82) is 0 Å². The minimum Gasteiger partial charge on any atom is -0.367 e. The lowest BCUT2D eigenvalue weighted by atomic mass is 9.90. The van der Waals surface area contributed by atoms with Gasteiger partial charge in [-0.1, -0.05) is 116 Å². The Morgan fingerprint density at radius 2 is 1.76 bits per heavy atom. The molecule has 0 saturated heterocycles. The van der Waals surface area contributed by atoms with E-state index in [0.717, 1.165) is 49.1 Å². The number of hydrogen-bond donors (Lipinski definition) is 2. The van der Waals surface area contributed by atoms with E-state index in [1.54, 1.807) is 0 Å². The van der Waals surface area contributed by atoms with Crippen LogP contribution in [0, 0.1) is 19.1 Å². The lowest BCUT2D eigenvalue weighted by Crippen LogP contribution is -2.44. The molecule has 0 bridgehead atoms. The molecule has 1 heterocycles. The molecule has 0 fully saturated rings. The molecule has 42 heavy (non-hydrogen) atoms. The van der Waals surface area contributed by atoms with Gasteiger partial charge >= 0.3 is 0 Å². The third kappa shape index (κ3) is 3.89. The molecule has 3 nitrogen and oxygen atoms in total. The predicted octanol–water partition coefficient (Wildman–Crippen LogP) is 8.12. The predicted molar refractivity (Wildman–Crippen MR) is 179 cm³/mol. The molecule has 6 aromatic carbocycles. The topological polar surface area (TPSA) is 41.3 Å². The second kappa shape index (κ2) is 10.3. The van der Waals surface area contributed by atoms with Gasteiger partial charge < -0.3 is 16.0 Å². The molecule has 6 aromatic rings. The summed E-state index contributed by atoms with van der Waals surface area (Å²) in [5.74, 6) is 0. The van der Waals surface area contributed by atoms with Crippen molar-refractivity contribution in [3.8, 4) is 0 Å². The largest absolute Gasteiger partial charge is 0.367 e. The zero-order valence-corrected chi connectivity index (χ0v) is 23.6. The molecular weight excluding hydrogens is 510 g/mol. The Labute approximate surface area is 246 Å². The highest BCUT2D eigenvalue weighted by atomic mass is 15.3. The number of allylic oxidation sites excluding steroid dienone is 1. The minimum absolute atomic E-state index is 0.193. The normalized spacial score (nSPS) is 15.3. The Morgan fingerprint density at radius 3 is 2.62 bits per heavy atom. The number of aryl methyl sites for hydroxylation is 1. The quantitative estimate of drug-likeness (QED) is 0.165. The maximum atomic E-state index is 7.28. The molecule has 0 amide bonds. The molecule has 0 saturated carbocycles. The Bertz CT molecular complexity index is 2100. The molecule has 0 unspecified atom stereocenters. The number of fused-ring (bicyclic) bond motifs is 3. The molecule has 0 aliphatic carbocycles. The van der Waals surface area contributed by atoms with Crippen LogP contribution in [-0.4, -0.2) is 0 Å². The average molecular weight is 542 g/mol. The zero-order chi connectivity index (χ0) is 28.8. The van der Waals surface area contributed by atoms with Crippen molar-refractivity contribution in [1.82, 2.24) is 5.32 Å². The zero-order valence-electron chi connectivity index (χ0n) is 23.6. The van der Waals surface area contributed by atoms with Crippen molar-refractivity contribution in [2.75, 3.05) is 4.90 Å². The van der Waals surface area contributed by atoms with Crippen molar-refractivity contribution in [3.05, 3.63) is 156 Å². The van der Waals surface area contributed by atoms with Gasteiger partial charge in [-0.3, -0.25) is 0 Å². The summed E-state index contributed by atoms with van der Waals surface area (Å²) in [4.78, 5) is 2.31. The van der Waals surface area contributed by atoms with Crippen LogP contribution in [0.4, 0.5) is 5.69 Å². The highest BCUT2D eigenvalue weighted by Gasteiger charge is 2.31. The molecule has 1 aliphatic rings. The van der Waals surface area contributed by atoms with E-state index in [4.69, 9.17) is 5.73 Å². The molecule has 3 heteroatoms. The van der Waals surface area contributed by atoms with Gasteiger partial charge in [-0.25, -0.2) is 0 Å². The van der Waals surface area contributed by atoms with Crippen LogP contribution >= 0.6 is 0 Å². The van der Waals surface area contributed by atoms with Gasteiger partial charge in [-0.15, -0.1) is 0 Å². The number of nitrogens with one attached hydrogen (secondary N) is 1. The van der Waals surface area contributed by atoms with Gasteiger partial charge in [0.15, 0.2) is 0 Å². The highest BCUT2D eigenvalue weighted by molar-refractivity contribution is 6.22. The van der Waals surface area contributed by atoms with E-state index in [0.29, 0.717) is 0 Å². The van der Waals surface area contributed by atoms with Crippen molar-refractivity contribution in [2.24, 2.45) is 5.73 Å². The van der Waals surface area contributed by atoms with Crippen molar-refractivity contribution in [3.63, 3.8) is 0 Å². The first-order valence-electron chi connectivity index (χ1n) is 14.2. The summed E-state index contributed by atoms with van der Waals surface area (Å²) >= 11 is 0. The Kier molecular flexibility index (Phi) is 6.27. The first-order chi connectivity index (χ1) is 20.6. The van der Waals surface area contributed by atoms with Crippen LogP contribution in [0.5, 0.6) is 0 Å². The first-order valence-corrected chi connectivity index (χ1v) is 14.2. The lowest BCUT2D eigenvalue weighted by Gasteiger charge is -2.41. The lowest BCUT2D eigenvalue weighted by molar-refractivity contribution is 0.499. The monoisotopic (exact) mass is 541 g/mol. The number of rotatable bonds is 6. The van der Waals surface area contributed by atoms with Gasteiger partial charge in [-0.05, 0) is 80.3 Å². The van der Waals surface area contributed by atoms with Gasteiger partial charge in [0, 0.05) is 22.0 Å². The number of hydrogen-bond acceptors (Lipinski definition) is 3. The standard InChI is InChI=1S/C39H31N3/c1-4-12-31-32-19-10-15-28-16-11-20-33(37(28)32)34-21-22-35(25(3)36(31)34)42(38(40)29-17-8-6-13-26(29)5-2)39-30-18-9-7-14-27(30)23-24-41-39/h4-10,12-19,21-24,38-39,41H,1-2,40H2,3H3/b31-12-/t38-,39-/m0/s1. The van der Waals surface area contributed by atoms with Gasteiger partial charge in [0.05, 0.1) is 0 Å². The fourth-order valence-electron chi connectivity index (χ4n) is 6.63. The molecule has 0 aromatic heterocycles. The van der Waals surface area contributed by atoms with E-state index in [2.05, 4.69) is 121 Å². The maximum Gasteiger partial charge on any atom is 0.127 e. The Morgan fingerprint density at radius 1 is 0.929 bits per heavy atom. The summed E-state index contributed by atoms with van der Waals surface area (Å²) in [6, 6.07) is 36.3. The van der Waals surface area contributed by atoms with Crippen molar-refractivity contribution >= 4 is 56.2 Å². The summed E-state index contributed by atoms with van der Waals surface area (Å²) in [7, 11) is 0. The molecule has 202 valence electrons. The van der Waals surface area contributed by atoms with Crippen LogP contribution < -0.4 is 21.2 Å². The van der Waals surface area contributed by atoms with Crippen LogP contribution in [0.1, 0.15) is 40.1 Å². The summed E-state index contributed by atoms with van der Waals surface area (Å²) in [6.45, 7) is 10.3. The van der Waals surface area contributed by atoms with Crippen LogP contribution in [-0.2, 0) is 0 Å². The average Bonchev–Trinajstić information content (AvgIpc) is 3.04. The van der Waals surface area contributed by atoms with E-state index in [9.17, 15) is 0 Å². The second-order valence-corrected chi connectivity index (χ2v) is 10.7. The van der Waals surface area contributed by atoms with Crippen LogP contribution in [0.2, 0.25) is 0 Å². The van der Waals surface area contributed by atoms with Crippen molar-refractivity contribution in [2.45, 2.75) is 19.3 Å². The smallest absolute Gasteiger partial charge is 0.127 e. The van der Waals surface area contributed by atoms with E-state index in [1.807, 2.05) is 36.6 Å².